The molecule has 536 valence electrons. The Bertz CT molecular complexity index is 4350. The minimum Gasteiger partial charge on any atom is -0.496 e. The van der Waals surface area contributed by atoms with Crippen LogP contribution in [0.1, 0.15) is 130 Å². The molecule has 3 unspecified atom stereocenters. The number of halogens is 4. The molecule has 11 atom stereocenters. The maximum absolute atomic E-state index is 17.1. The number of nitrogens with one attached hydrogen (secondary N) is 3. The second-order valence-electron chi connectivity index (χ2n) is 28.1. The molecule has 0 saturated carbocycles. The number of hydrogen-bond donors (Lipinski definition) is 3. The van der Waals surface area contributed by atoms with E-state index in [1.165, 1.54) is 18.3 Å². The van der Waals surface area contributed by atoms with Gasteiger partial charge in [-0.1, -0.05) is 84.9 Å². The molecule has 0 bridgehead atoms. The van der Waals surface area contributed by atoms with E-state index < -0.39 is 30.5 Å². The molecule has 15 rings (SSSR count). The van der Waals surface area contributed by atoms with Crippen LogP contribution in [0.5, 0.6) is 11.5 Å². The molecule has 5 aromatic carbocycles. The lowest BCUT2D eigenvalue weighted by Gasteiger charge is -2.41. The Hall–Kier alpha value is -8.82. The summed E-state index contributed by atoms with van der Waals surface area (Å²) in [6.45, 7) is 14.5. The van der Waals surface area contributed by atoms with Gasteiger partial charge in [-0.3, -0.25) is 19.3 Å². The summed E-state index contributed by atoms with van der Waals surface area (Å²) in [7, 11) is 1.60. The van der Waals surface area contributed by atoms with E-state index in [1.54, 1.807) is 66.2 Å². The van der Waals surface area contributed by atoms with E-state index in [-0.39, 0.29) is 71.5 Å². The molecule has 10 heterocycles. The number of piperidine rings is 4. The summed E-state index contributed by atoms with van der Waals surface area (Å²) >= 11 is 0. The van der Waals surface area contributed by atoms with Crippen LogP contribution in [0, 0.1) is 0 Å². The number of aromatic nitrogens is 6. The third-order valence-corrected chi connectivity index (χ3v) is 22.2. The van der Waals surface area contributed by atoms with E-state index in [9.17, 15) is 27.6 Å². The fourth-order valence-electron chi connectivity index (χ4n) is 16.7. The fourth-order valence-corrected chi connectivity index (χ4v) is 16.7. The number of benzene rings is 5. The molecular formula is C77H87F4N13O8. The predicted octanol–water partition coefficient (Wildman–Crippen LogP) is 9.95. The Morgan fingerprint density at radius 1 is 0.529 bits per heavy atom. The molecule has 25 heteroatoms. The molecule has 3 amide bonds. The lowest BCUT2D eigenvalue weighted by molar-refractivity contribution is -0.274. The van der Waals surface area contributed by atoms with Crippen molar-refractivity contribution in [3.63, 3.8) is 0 Å². The number of amides is 3. The van der Waals surface area contributed by atoms with E-state index in [2.05, 4.69) is 65.7 Å². The van der Waals surface area contributed by atoms with Crippen LogP contribution < -0.4 is 25.4 Å². The minimum atomic E-state index is -4.98. The number of fused-ring (bicyclic) bond motifs is 3. The second-order valence-corrected chi connectivity index (χ2v) is 28.1. The highest BCUT2D eigenvalue weighted by Gasteiger charge is 2.41. The van der Waals surface area contributed by atoms with Crippen LogP contribution in [0.25, 0.3) is 33.4 Å². The molecule has 7 saturated heterocycles. The van der Waals surface area contributed by atoms with Gasteiger partial charge in [-0.05, 0) is 115 Å². The summed E-state index contributed by atoms with van der Waals surface area (Å²) in [5, 5.41) is 10.6. The van der Waals surface area contributed by atoms with Gasteiger partial charge >= 0.3 is 6.36 Å². The van der Waals surface area contributed by atoms with E-state index >= 15 is 4.39 Å². The van der Waals surface area contributed by atoms with Gasteiger partial charge in [0, 0.05) is 114 Å². The Labute approximate surface area is 590 Å². The molecule has 3 N–H and O–H groups in total. The molecule has 7 fully saturated rings. The molecular weight excluding hydrogens is 1310 g/mol. The van der Waals surface area contributed by atoms with Crippen LogP contribution in [-0.4, -0.2) is 214 Å². The van der Waals surface area contributed by atoms with E-state index in [0.717, 1.165) is 65.9 Å². The number of para-hydroxylation sites is 1. The highest BCUT2D eigenvalue weighted by atomic mass is 19.4. The molecule has 21 nitrogen and oxygen atoms in total. The number of imidazole rings is 3. The van der Waals surface area contributed by atoms with E-state index in [0.29, 0.717) is 137 Å². The zero-order chi connectivity index (χ0) is 70.3. The van der Waals surface area contributed by atoms with Crippen molar-refractivity contribution in [2.75, 3.05) is 98.9 Å². The van der Waals surface area contributed by atoms with E-state index in [4.69, 9.17) is 18.9 Å². The van der Waals surface area contributed by atoms with Crippen LogP contribution in [0.4, 0.5) is 17.6 Å². The van der Waals surface area contributed by atoms with Crippen LogP contribution >= 0.6 is 0 Å². The number of ether oxygens (including phenoxy) is 5. The highest BCUT2D eigenvalue weighted by Crippen LogP contribution is 2.45. The lowest BCUT2D eigenvalue weighted by Crippen LogP contribution is -2.58. The maximum Gasteiger partial charge on any atom is 0.573 e. The molecule has 0 radical (unpaired) electrons. The minimum absolute atomic E-state index is 0.0596. The van der Waals surface area contributed by atoms with Crippen molar-refractivity contribution >= 4 is 17.7 Å². The SMILES string of the molecule is COc1cc(-c2ccc(-c3ccccc3OC(F)(F)F)c([C@H](C)n3cncc3C(=O)N3CC[C@H]4NCCO[C@@H]4C3)c2)ccc1-c1ccc(C2CN(Cc3ccccc3[C@H](C)n3cncc3C(=O)N3CC[C@H]4NCCO[C@@H]4C3)CCC2F)cc1[C@H](C)n1cncc1C(=O)N1CCC2NCCO[C@@H]2C1. The third kappa shape index (κ3) is 14.0. The molecule has 0 spiro atoms. The highest BCUT2D eigenvalue weighted by molar-refractivity contribution is 5.94. The van der Waals surface area contributed by atoms with Crippen molar-refractivity contribution in [3.8, 4) is 44.9 Å². The number of nitrogens with zero attached hydrogens (tertiary/aromatic N) is 10. The number of carbonyl (C=O) groups is 3. The van der Waals surface area contributed by atoms with E-state index in [1.807, 2.05) is 87.4 Å². The Morgan fingerprint density at radius 3 is 1.52 bits per heavy atom. The van der Waals surface area contributed by atoms with Gasteiger partial charge in [-0.15, -0.1) is 13.2 Å². The molecule has 7 aliphatic rings. The van der Waals surface area contributed by atoms with Crippen molar-refractivity contribution in [2.24, 2.45) is 0 Å². The summed E-state index contributed by atoms with van der Waals surface area (Å²) in [6.07, 6.45) is 5.81. The van der Waals surface area contributed by atoms with Crippen LogP contribution in [0.15, 0.2) is 141 Å². The van der Waals surface area contributed by atoms with Gasteiger partial charge < -0.3 is 68.0 Å². The van der Waals surface area contributed by atoms with Gasteiger partial charge in [0.15, 0.2) is 0 Å². The van der Waals surface area contributed by atoms with Crippen LogP contribution in [0.2, 0.25) is 0 Å². The average molecular weight is 1400 g/mol. The summed E-state index contributed by atoms with van der Waals surface area (Å²) < 4.78 is 94.6. The second kappa shape index (κ2) is 29.5. The molecule has 3 aromatic heterocycles. The summed E-state index contributed by atoms with van der Waals surface area (Å²) in [6, 6.07) is 30.9. The van der Waals surface area contributed by atoms with Crippen molar-refractivity contribution in [2.45, 2.75) is 126 Å². The molecule has 0 aliphatic carbocycles. The number of carbonyl (C=O) groups excluding carboxylic acids is 3. The summed E-state index contributed by atoms with van der Waals surface area (Å²) in [4.78, 5) is 65.0. The molecule has 7 aliphatic heterocycles. The Balaban J connectivity index is 0.755. The van der Waals surface area contributed by atoms with Crippen molar-refractivity contribution in [1.29, 1.82) is 0 Å². The van der Waals surface area contributed by atoms with Gasteiger partial charge in [0.1, 0.15) is 34.8 Å². The van der Waals surface area contributed by atoms with Crippen molar-refractivity contribution in [1.82, 2.24) is 64.2 Å². The third-order valence-electron chi connectivity index (χ3n) is 22.2. The number of alkyl halides is 4. The monoisotopic (exact) mass is 1400 g/mol. The Morgan fingerprint density at radius 2 is 0.990 bits per heavy atom. The summed E-state index contributed by atoms with van der Waals surface area (Å²) in [5.74, 6) is -0.921. The summed E-state index contributed by atoms with van der Waals surface area (Å²) in [5.41, 5.74) is 9.05. The molecule has 102 heavy (non-hydrogen) atoms. The fraction of sp³-hybridized carbons (Fsp3) is 0.455. The predicted molar refractivity (Wildman–Crippen MR) is 374 cm³/mol. The first-order chi connectivity index (χ1) is 49.5. The van der Waals surface area contributed by atoms with Crippen molar-refractivity contribution < 1.29 is 55.6 Å². The van der Waals surface area contributed by atoms with Crippen LogP contribution in [0.3, 0.4) is 0 Å². The first-order valence-electron chi connectivity index (χ1n) is 35.8. The van der Waals surface area contributed by atoms with Gasteiger partial charge in [-0.2, -0.15) is 0 Å². The zero-order valence-electron chi connectivity index (χ0n) is 57.8. The van der Waals surface area contributed by atoms with Gasteiger partial charge in [0.05, 0.1) is 101 Å². The van der Waals surface area contributed by atoms with Gasteiger partial charge in [0.2, 0.25) is 0 Å². The number of likely N-dealkylation sites (tertiary alicyclic amines) is 4. The first-order valence-corrected chi connectivity index (χ1v) is 35.8. The first kappa shape index (κ1) is 68.9. The van der Waals surface area contributed by atoms with Gasteiger partial charge in [-0.25, -0.2) is 19.3 Å². The molecule has 8 aromatic rings. The van der Waals surface area contributed by atoms with Crippen LogP contribution in [-0.2, 0) is 20.8 Å². The Kier molecular flexibility index (Phi) is 19.9. The lowest BCUT2D eigenvalue weighted by atomic mass is 9.84. The average Bonchev–Trinajstić information content (AvgIpc) is 1.29. The zero-order valence-corrected chi connectivity index (χ0v) is 57.8. The number of methoxy groups -OCH3 is 1. The largest absolute Gasteiger partial charge is 0.573 e. The normalized spacial score (nSPS) is 24.3. The number of rotatable bonds is 17. The number of hydrogen-bond acceptors (Lipinski definition) is 15. The maximum atomic E-state index is 17.1. The van der Waals surface area contributed by atoms with Crippen molar-refractivity contribution in [3.05, 3.63) is 186 Å². The smallest absolute Gasteiger partial charge is 0.496 e. The van der Waals surface area contributed by atoms with Gasteiger partial charge in [0.25, 0.3) is 17.7 Å². The number of morpholine rings is 3. The topological polar surface area (TPSA) is 200 Å². The standard InChI is InChI=1S/C77H87F4N13O8/c1-47(92-44-82-36-66(92)74(95)89-27-20-63-71(41-89)99-30-23-85-63)54-10-6-5-9-53(54)39-88-26-19-62(78)61(40-88)52-15-17-56(60(34-52)49(3)94-46-84-38-68(94)76(97)91-29-22-65-73(43-91)101-32-25-87-65)58-18-14-51(35-70(58)98-4)50-13-16-55(57-11-7-8-12-69(57)102-77(79,80)81)59(33-50)48(2)93-45-83-37-67(93)75(96)90-28-21-64-72(42-90)100-31-24-86-64/h5-18,33-38,44-49,61-65,71-73,85-87H,19-32,39-43H2,1-4H3/t47-,48-,49-,61?,62?,63+,64+,65?,71+,72+,73+/m0/s1. The quantitative estimate of drug-likeness (QED) is 0.0727.